The molecule has 0 fully saturated rings. The molecule has 0 spiro atoms. The maximum Gasteiger partial charge on any atom is 0.303 e. The fraction of sp³-hybridized carbons (Fsp3) is 0.200. The second-order valence-electron chi connectivity index (χ2n) is 5.63. The van der Waals surface area contributed by atoms with Gasteiger partial charge in [-0.05, 0) is 37.1 Å². The predicted octanol–water partition coefficient (Wildman–Crippen LogP) is 2.48. The van der Waals surface area contributed by atoms with Crippen LogP contribution in [0.5, 0.6) is 0 Å². The smallest absolute Gasteiger partial charge is 0.303 e. The Labute approximate surface area is 162 Å². The highest BCUT2D eigenvalue weighted by Crippen LogP contribution is 1.99. The van der Waals surface area contributed by atoms with Gasteiger partial charge in [0, 0.05) is 24.0 Å². The lowest BCUT2D eigenvalue weighted by Crippen LogP contribution is -2.41. The molecule has 0 saturated heterocycles. The van der Waals surface area contributed by atoms with Gasteiger partial charge in [0.15, 0.2) is 0 Å². The molecule has 2 aromatic carbocycles. The molecule has 0 aliphatic rings. The number of unbranched alkanes of at least 4 members (excludes halogenated alkanes) is 1. The van der Waals surface area contributed by atoms with E-state index in [2.05, 4.69) is 10.9 Å². The summed E-state index contributed by atoms with van der Waals surface area (Å²) in [5.74, 6) is -2.43. The summed E-state index contributed by atoms with van der Waals surface area (Å²) in [5, 5.41) is 16.3. The lowest BCUT2D eigenvalue weighted by molar-refractivity contribution is -0.139. The molecule has 2 aromatic rings. The summed E-state index contributed by atoms with van der Waals surface area (Å²) >= 11 is 0. The van der Waals surface area contributed by atoms with Crippen LogP contribution in [0.15, 0.2) is 60.7 Å². The highest BCUT2D eigenvalue weighted by atomic mass is 16.4. The van der Waals surface area contributed by atoms with Gasteiger partial charge in [-0.25, -0.2) is 0 Å². The first kappa shape index (κ1) is 22.4. The molecule has 0 aromatic heterocycles. The fourth-order valence-corrected chi connectivity index (χ4v) is 1.99. The Hall–Kier alpha value is -3.68. The van der Waals surface area contributed by atoms with E-state index >= 15 is 0 Å². The molecule has 2 amide bonds. The minimum Gasteiger partial charge on any atom is -0.481 e. The van der Waals surface area contributed by atoms with Crippen LogP contribution in [0.1, 0.15) is 46.4 Å². The summed E-state index contributed by atoms with van der Waals surface area (Å²) in [4.78, 5) is 43.1. The molecule has 4 N–H and O–H groups in total. The highest BCUT2D eigenvalue weighted by molar-refractivity contribution is 5.98. The average molecular weight is 386 g/mol. The van der Waals surface area contributed by atoms with E-state index in [0.29, 0.717) is 24.0 Å². The quantitative estimate of drug-likeness (QED) is 0.427. The molecule has 8 heteroatoms. The van der Waals surface area contributed by atoms with Crippen LogP contribution in [0.25, 0.3) is 0 Å². The third-order valence-corrected chi connectivity index (χ3v) is 3.39. The number of amides is 2. The third kappa shape index (κ3) is 9.71. The number of carboxylic acid groups (broad SMARTS) is 2. The average Bonchev–Trinajstić information content (AvgIpc) is 2.70. The van der Waals surface area contributed by atoms with Crippen LogP contribution in [-0.4, -0.2) is 34.0 Å². The predicted molar refractivity (Wildman–Crippen MR) is 102 cm³/mol. The van der Waals surface area contributed by atoms with Crippen molar-refractivity contribution in [3.8, 4) is 0 Å². The van der Waals surface area contributed by atoms with Crippen molar-refractivity contribution in [3.05, 3.63) is 71.8 Å². The number of hydrogen-bond acceptors (Lipinski definition) is 4. The number of carboxylic acids is 2. The lowest BCUT2D eigenvalue weighted by atomic mass is 10.2. The standard InChI is InChI=1S/C14H12N2O2.C6H10O4/c17-13(11-7-3-1-4-8-11)15-16-14(18)12-9-5-2-6-10-12;7-5(8)3-1-2-4-6(9)10/h1-10H,(H,15,17)(H,16,18);1-4H2,(H,7,8)(H,9,10). The molecular weight excluding hydrogens is 364 g/mol. The number of hydrogen-bond donors (Lipinski definition) is 4. The van der Waals surface area contributed by atoms with Gasteiger partial charge in [0.05, 0.1) is 0 Å². The molecule has 8 nitrogen and oxygen atoms in total. The number of rotatable bonds is 7. The molecule has 0 saturated carbocycles. The van der Waals surface area contributed by atoms with E-state index in [1.54, 1.807) is 48.5 Å². The van der Waals surface area contributed by atoms with E-state index in [4.69, 9.17) is 10.2 Å². The lowest BCUT2D eigenvalue weighted by Gasteiger charge is -2.07. The molecule has 0 heterocycles. The molecule has 0 unspecified atom stereocenters. The first-order valence-electron chi connectivity index (χ1n) is 8.54. The number of carbonyl (C=O) groups is 4. The van der Waals surface area contributed by atoms with Gasteiger partial charge >= 0.3 is 11.9 Å². The third-order valence-electron chi connectivity index (χ3n) is 3.39. The summed E-state index contributed by atoms with van der Waals surface area (Å²) in [6, 6.07) is 17.4. The van der Waals surface area contributed by atoms with Gasteiger partial charge in [-0.15, -0.1) is 0 Å². The van der Waals surface area contributed by atoms with Gasteiger partial charge in [-0.2, -0.15) is 0 Å². The second-order valence-corrected chi connectivity index (χ2v) is 5.63. The van der Waals surface area contributed by atoms with Crippen LogP contribution >= 0.6 is 0 Å². The van der Waals surface area contributed by atoms with Gasteiger partial charge in [0.25, 0.3) is 11.8 Å². The minimum absolute atomic E-state index is 0.0628. The van der Waals surface area contributed by atoms with Crippen LogP contribution < -0.4 is 10.9 Å². The van der Waals surface area contributed by atoms with Crippen molar-refractivity contribution >= 4 is 23.8 Å². The maximum atomic E-state index is 11.7. The molecule has 148 valence electrons. The normalized spacial score (nSPS) is 9.43. The maximum absolute atomic E-state index is 11.7. The Bertz CT molecular complexity index is 710. The van der Waals surface area contributed by atoms with Crippen LogP contribution in [0.4, 0.5) is 0 Å². The van der Waals surface area contributed by atoms with E-state index in [9.17, 15) is 19.2 Å². The first-order valence-corrected chi connectivity index (χ1v) is 8.54. The van der Waals surface area contributed by atoms with Crippen molar-refractivity contribution in [2.45, 2.75) is 25.7 Å². The number of nitrogens with one attached hydrogen (secondary N) is 2. The summed E-state index contributed by atoms with van der Waals surface area (Å²) in [6.45, 7) is 0. The van der Waals surface area contributed by atoms with Crippen LogP contribution in [0.3, 0.4) is 0 Å². The molecule has 0 aliphatic heterocycles. The highest BCUT2D eigenvalue weighted by Gasteiger charge is 2.07. The molecule has 28 heavy (non-hydrogen) atoms. The topological polar surface area (TPSA) is 133 Å². The van der Waals surface area contributed by atoms with Crippen molar-refractivity contribution in [3.63, 3.8) is 0 Å². The van der Waals surface area contributed by atoms with Crippen LogP contribution in [0, 0.1) is 0 Å². The van der Waals surface area contributed by atoms with E-state index in [1.165, 1.54) is 0 Å². The zero-order valence-corrected chi connectivity index (χ0v) is 15.1. The van der Waals surface area contributed by atoms with Crippen molar-refractivity contribution in [1.82, 2.24) is 10.9 Å². The zero-order valence-electron chi connectivity index (χ0n) is 15.1. The Balaban J connectivity index is 0.000000336. The minimum atomic E-state index is -0.870. The van der Waals surface area contributed by atoms with Crippen molar-refractivity contribution in [2.75, 3.05) is 0 Å². The molecule has 2 rings (SSSR count). The molecule has 0 aliphatic carbocycles. The fourth-order valence-electron chi connectivity index (χ4n) is 1.99. The van der Waals surface area contributed by atoms with Gasteiger partial charge in [-0.3, -0.25) is 30.0 Å². The molecular formula is C20H22N2O6. The molecule has 0 radical (unpaired) electrons. The van der Waals surface area contributed by atoms with Gasteiger partial charge in [-0.1, -0.05) is 36.4 Å². The monoisotopic (exact) mass is 386 g/mol. The number of aliphatic carboxylic acids is 2. The van der Waals surface area contributed by atoms with Crippen molar-refractivity contribution in [2.24, 2.45) is 0 Å². The van der Waals surface area contributed by atoms with E-state index in [1.807, 2.05) is 12.1 Å². The Morgan fingerprint density at radius 1 is 0.607 bits per heavy atom. The van der Waals surface area contributed by atoms with Gasteiger partial charge < -0.3 is 10.2 Å². The summed E-state index contributed by atoms with van der Waals surface area (Å²) in [6.07, 6.45) is 1.02. The first-order chi connectivity index (χ1) is 13.4. The van der Waals surface area contributed by atoms with E-state index in [-0.39, 0.29) is 24.7 Å². The SMILES string of the molecule is O=C(NNC(=O)c1ccccc1)c1ccccc1.O=C(O)CCCCC(=O)O. The van der Waals surface area contributed by atoms with Crippen LogP contribution in [-0.2, 0) is 9.59 Å². The Morgan fingerprint density at radius 2 is 0.929 bits per heavy atom. The zero-order chi connectivity index (χ0) is 20.8. The van der Waals surface area contributed by atoms with Crippen molar-refractivity contribution in [1.29, 1.82) is 0 Å². The number of carbonyl (C=O) groups excluding carboxylic acids is 2. The second kappa shape index (κ2) is 12.6. The van der Waals surface area contributed by atoms with Crippen LogP contribution in [0.2, 0.25) is 0 Å². The summed E-state index contributed by atoms with van der Waals surface area (Å²) in [5.41, 5.74) is 5.70. The Morgan fingerprint density at radius 3 is 1.21 bits per heavy atom. The summed E-state index contributed by atoms with van der Waals surface area (Å²) < 4.78 is 0. The summed E-state index contributed by atoms with van der Waals surface area (Å²) in [7, 11) is 0. The van der Waals surface area contributed by atoms with E-state index < -0.39 is 11.9 Å². The molecule has 0 bridgehead atoms. The Kier molecular flexibility index (Phi) is 10.1. The van der Waals surface area contributed by atoms with Gasteiger partial charge in [0.2, 0.25) is 0 Å². The van der Waals surface area contributed by atoms with Gasteiger partial charge in [0.1, 0.15) is 0 Å². The largest absolute Gasteiger partial charge is 0.481 e. The van der Waals surface area contributed by atoms with E-state index in [0.717, 1.165) is 0 Å². The number of hydrazine groups is 1. The van der Waals surface area contributed by atoms with Crippen molar-refractivity contribution < 1.29 is 29.4 Å². The number of benzene rings is 2. The molecule has 0 atom stereocenters.